The van der Waals surface area contributed by atoms with Crippen LogP contribution in [0.15, 0.2) is 21.7 Å². The number of amides is 1. The van der Waals surface area contributed by atoms with Gasteiger partial charge in [0.15, 0.2) is 0 Å². The van der Waals surface area contributed by atoms with Gasteiger partial charge in [0.25, 0.3) is 11.1 Å². The Morgan fingerprint density at radius 3 is 2.76 bits per heavy atom. The second-order valence-corrected chi connectivity index (χ2v) is 4.28. The zero-order chi connectivity index (χ0) is 12.3. The Bertz CT molecular complexity index is 511. The molecule has 2 N–H and O–H groups in total. The van der Waals surface area contributed by atoms with E-state index >= 15 is 0 Å². The normalized spacial score (nSPS) is 16.0. The van der Waals surface area contributed by atoms with Crippen LogP contribution in [0.5, 0.6) is 0 Å². The number of rotatable bonds is 3. The maximum Gasteiger partial charge on any atom is 0.265 e. The van der Waals surface area contributed by atoms with Crippen LogP contribution >= 0.6 is 0 Å². The quantitative estimate of drug-likeness (QED) is 0.750. The lowest BCUT2D eigenvalue weighted by molar-refractivity contribution is -0.122. The first-order valence-electron chi connectivity index (χ1n) is 5.75. The molecule has 1 heterocycles. The van der Waals surface area contributed by atoms with Gasteiger partial charge in [-0.3, -0.25) is 19.5 Å². The third-order valence-electron chi connectivity index (χ3n) is 2.91. The van der Waals surface area contributed by atoms with Crippen molar-refractivity contribution in [2.45, 2.75) is 38.3 Å². The van der Waals surface area contributed by atoms with E-state index < -0.39 is 5.56 Å². The molecule has 0 aliphatic heterocycles. The number of aromatic nitrogens is 2. The molecular formula is C11H15N3O3. The van der Waals surface area contributed by atoms with Crippen LogP contribution in [0, 0.1) is 0 Å². The van der Waals surface area contributed by atoms with E-state index in [1.165, 1.54) is 0 Å². The summed E-state index contributed by atoms with van der Waals surface area (Å²) in [5, 5.41) is 5.17. The lowest BCUT2D eigenvalue weighted by Crippen LogP contribution is -2.39. The van der Waals surface area contributed by atoms with Crippen molar-refractivity contribution >= 4 is 5.91 Å². The van der Waals surface area contributed by atoms with Crippen LogP contribution in [-0.4, -0.2) is 21.7 Å². The van der Waals surface area contributed by atoms with Crippen molar-refractivity contribution in [3.8, 4) is 0 Å². The summed E-state index contributed by atoms with van der Waals surface area (Å²) in [5.74, 6) is -0.235. The monoisotopic (exact) mass is 237 g/mol. The van der Waals surface area contributed by atoms with Gasteiger partial charge in [0, 0.05) is 18.2 Å². The van der Waals surface area contributed by atoms with Gasteiger partial charge >= 0.3 is 0 Å². The van der Waals surface area contributed by atoms with Crippen molar-refractivity contribution in [1.29, 1.82) is 0 Å². The summed E-state index contributed by atoms with van der Waals surface area (Å²) in [5.41, 5.74) is -0.774. The molecule has 1 aromatic heterocycles. The van der Waals surface area contributed by atoms with E-state index in [1.54, 1.807) is 0 Å². The molecule has 1 fully saturated rings. The van der Waals surface area contributed by atoms with Crippen LogP contribution in [0.1, 0.15) is 25.7 Å². The molecule has 92 valence electrons. The van der Waals surface area contributed by atoms with E-state index in [9.17, 15) is 14.4 Å². The smallest absolute Gasteiger partial charge is 0.265 e. The highest BCUT2D eigenvalue weighted by Crippen LogP contribution is 2.17. The van der Waals surface area contributed by atoms with E-state index in [0.29, 0.717) is 0 Å². The van der Waals surface area contributed by atoms with Crippen LogP contribution in [0.4, 0.5) is 0 Å². The molecule has 1 aliphatic carbocycles. The highest BCUT2D eigenvalue weighted by atomic mass is 16.2. The van der Waals surface area contributed by atoms with Crippen LogP contribution in [0.2, 0.25) is 0 Å². The van der Waals surface area contributed by atoms with Crippen molar-refractivity contribution in [1.82, 2.24) is 15.1 Å². The highest BCUT2D eigenvalue weighted by molar-refractivity contribution is 5.75. The third kappa shape index (κ3) is 3.05. The summed E-state index contributed by atoms with van der Waals surface area (Å²) in [6.45, 7) is -0.134. The molecule has 17 heavy (non-hydrogen) atoms. The molecule has 0 saturated heterocycles. The Morgan fingerprint density at radius 1 is 1.35 bits per heavy atom. The molecular weight excluding hydrogens is 222 g/mol. The maximum absolute atomic E-state index is 11.6. The first-order valence-corrected chi connectivity index (χ1v) is 5.75. The predicted octanol–water partition coefficient (Wildman–Crippen LogP) is -0.405. The number of nitrogens with one attached hydrogen (secondary N) is 2. The Labute approximate surface area is 97.6 Å². The van der Waals surface area contributed by atoms with E-state index in [-0.39, 0.29) is 24.1 Å². The van der Waals surface area contributed by atoms with Gasteiger partial charge in [0.2, 0.25) is 5.91 Å². The first-order chi connectivity index (χ1) is 8.15. The number of hydrogen-bond acceptors (Lipinski definition) is 3. The molecule has 1 aliphatic rings. The fourth-order valence-corrected chi connectivity index (χ4v) is 2.07. The van der Waals surface area contributed by atoms with Crippen LogP contribution in [0.25, 0.3) is 0 Å². The Kier molecular flexibility index (Phi) is 3.41. The number of nitrogens with zero attached hydrogens (tertiary/aromatic N) is 1. The molecule has 2 rings (SSSR count). The van der Waals surface area contributed by atoms with E-state index in [0.717, 1.165) is 42.5 Å². The van der Waals surface area contributed by atoms with Gasteiger partial charge in [-0.05, 0) is 12.8 Å². The number of H-pyrrole nitrogens is 1. The second kappa shape index (κ2) is 4.99. The molecule has 1 saturated carbocycles. The Balaban J connectivity index is 2.00. The molecule has 0 spiro atoms. The van der Waals surface area contributed by atoms with Crippen molar-refractivity contribution < 1.29 is 4.79 Å². The van der Waals surface area contributed by atoms with Gasteiger partial charge in [-0.25, -0.2) is 4.68 Å². The van der Waals surface area contributed by atoms with Crippen molar-refractivity contribution in [3.05, 3.63) is 32.8 Å². The number of carbonyl (C=O) groups excluding carboxylic acids is 1. The largest absolute Gasteiger partial charge is 0.352 e. The van der Waals surface area contributed by atoms with Crippen LogP contribution < -0.4 is 16.4 Å². The summed E-state index contributed by atoms with van der Waals surface area (Å²) < 4.78 is 1.02. The zero-order valence-corrected chi connectivity index (χ0v) is 9.44. The number of hydrogen-bond donors (Lipinski definition) is 2. The van der Waals surface area contributed by atoms with Gasteiger partial charge in [-0.15, -0.1) is 0 Å². The van der Waals surface area contributed by atoms with E-state index in [4.69, 9.17) is 0 Å². The maximum atomic E-state index is 11.6. The molecule has 6 heteroatoms. The molecule has 0 bridgehead atoms. The Morgan fingerprint density at radius 2 is 2.06 bits per heavy atom. The second-order valence-electron chi connectivity index (χ2n) is 4.28. The lowest BCUT2D eigenvalue weighted by Gasteiger charge is -2.12. The van der Waals surface area contributed by atoms with Crippen LogP contribution in [0.3, 0.4) is 0 Å². The van der Waals surface area contributed by atoms with Gasteiger partial charge in [0.05, 0.1) is 0 Å². The van der Waals surface area contributed by atoms with Gasteiger partial charge in [-0.1, -0.05) is 12.8 Å². The number of carbonyl (C=O) groups is 1. The summed E-state index contributed by atoms with van der Waals surface area (Å²) in [7, 11) is 0. The fraction of sp³-hybridized carbons (Fsp3) is 0.545. The molecule has 0 radical (unpaired) electrons. The molecule has 0 unspecified atom stereocenters. The molecule has 1 amide bonds. The minimum absolute atomic E-state index is 0.134. The molecule has 1 aromatic rings. The average molecular weight is 237 g/mol. The fourth-order valence-electron chi connectivity index (χ4n) is 2.07. The topological polar surface area (TPSA) is 84.0 Å². The summed E-state index contributed by atoms with van der Waals surface area (Å²) in [6, 6.07) is 2.52. The SMILES string of the molecule is O=C(Cn1[nH]c(=O)ccc1=O)NC1CCCC1. The first kappa shape index (κ1) is 11.6. The van der Waals surface area contributed by atoms with Crippen molar-refractivity contribution in [2.24, 2.45) is 0 Å². The summed E-state index contributed by atoms with van der Waals surface area (Å²) >= 11 is 0. The van der Waals surface area contributed by atoms with Crippen molar-refractivity contribution in [3.63, 3.8) is 0 Å². The van der Waals surface area contributed by atoms with Gasteiger partial charge in [-0.2, -0.15) is 0 Å². The third-order valence-corrected chi connectivity index (χ3v) is 2.91. The van der Waals surface area contributed by atoms with Gasteiger partial charge in [0.1, 0.15) is 6.54 Å². The molecule has 6 nitrogen and oxygen atoms in total. The average Bonchev–Trinajstić information content (AvgIpc) is 2.76. The lowest BCUT2D eigenvalue weighted by atomic mass is 10.2. The van der Waals surface area contributed by atoms with E-state index in [2.05, 4.69) is 10.4 Å². The summed E-state index contributed by atoms with van der Waals surface area (Å²) in [6.07, 6.45) is 4.25. The number of aromatic amines is 1. The summed E-state index contributed by atoms with van der Waals surface area (Å²) in [4.78, 5) is 34.0. The predicted molar refractivity (Wildman–Crippen MR) is 61.7 cm³/mol. The zero-order valence-electron chi connectivity index (χ0n) is 9.44. The van der Waals surface area contributed by atoms with Crippen LogP contribution in [-0.2, 0) is 11.3 Å². The van der Waals surface area contributed by atoms with Crippen molar-refractivity contribution in [2.75, 3.05) is 0 Å². The molecule has 0 aromatic carbocycles. The molecule has 0 atom stereocenters. The standard InChI is InChI=1S/C11H15N3O3/c15-9-5-6-11(17)14(13-9)7-10(16)12-8-3-1-2-4-8/h5-6,8H,1-4,7H2,(H,12,16)(H,13,15). The Hall–Kier alpha value is -1.85. The van der Waals surface area contributed by atoms with E-state index in [1.807, 2.05) is 0 Å². The minimum atomic E-state index is -0.390. The van der Waals surface area contributed by atoms with Gasteiger partial charge < -0.3 is 5.32 Å². The minimum Gasteiger partial charge on any atom is -0.352 e. The highest BCUT2D eigenvalue weighted by Gasteiger charge is 2.17.